The van der Waals surface area contributed by atoms with Gasteiger partial charge in [0.2, 0.25) is 17.7 Å². The van der Waals surface area contributed by atoms with E-state index in [0.29, 0.717) is 12.1 Å². The number of benzene rings is 1. The Balaban J connectivity index is 2.23. The highest BCUT2D eigenvalue weighted by atomic mass is 32.2. The molecule has 0 fully saturated rings. The summed E-state index contributed by atoms with van der Waals surface area (Å²) in [5.74, 6) is -1.73. The van der Waals surface area contributed by atoms with E-state index in [1.54, 1.807) is 0 Å². The summed E-state index contributed by atoms with van der Waals surface area (Å²) < 4.78 is 101. The van der Waals surface area contributed by atoms with Gasteiger partial charge in [0.05, 0.1) is 20.3 Å². The summed E-state index contributed by atoms with van der Waals surface area (Å²) in [5, 5.41) is 1.91. The summed E-state index contributed by atoms with van der Waals surface area (Å²) in [5.41, 5.74) is -5.72. The van der Waals surface area contributed by atoms with Crippen LogP contribution in [0.3, 0.4) is 0 Å². The van der Waals surface area contributed by atoms with Crippen molar-refractivity contribution < 1.29 is 48.5 Å². The molecule has 0 saturated carbocycles. The van der Waals surface area contributed by atoms with Crippen LogP contribution in [0.25, 0.3) is 0 Å². The van der Waals surface area contributed by atoms with Gasteiger partial charge in [0.1, 0.15) is 4.90 Å². The van der Waals surface area contributed by atoms with Gasteiger partial charge in [-0.1, -0.05) is 12.1 Å². The van der Waals surface area contributed by atoms with Crippen LogP contribution in [-0.2, 0) is 20.1 Å². The molecule has 0 aliphatic carbocycles. The maximum atomic E-state index is 12.8. The fraction of sp³-hybridized carbons (Fsp3) is 0.214. The molecule has 1 heterocycles. The Bertz CT molecular complexity index is 1160. The van der Waals surface area contributed by atoms with Gasteiger partial charge in [-0.2, -0.15) is 31.6 Å². The normalized spacial score (nSPS) is 12.0. The van der Waals surface area contributed by atoms with Gasteiger partial charge in [0.15, 0.2) is 5.75 Å². The van der Waals surface area contributed by atoms with E-state index in [9.17, 15) is 34.8 Å². The molecule has 0 aliphatic rings. The van der Waals surface area contributed by atoms with Gasteiger partial charge in [-0.15, -0.1) is 0 Å². The van der Waals surface area contributed by atoms with Gasteiger partial charge in [-0.25, -0.2) is 17.9 Å². The summed E-state index contributed by atoms with van der Waals surface area (Å²) in [4.78, 5) is 17.9. The lowest BCUT2D eigenvalue weighted by Gasteiger charge is -2.14. The third-order valence-electron chi connectivity index (χ3n) is 3.18. The van der Waals surface area contributed by atoms with E-state index in [1.165, 1.54) is 25.0 Å². The van der Waals surface area contributed by atoms with Crippen LogP contribution < -0.4 is 23.7 Å². The third kappa shape index (κ3) is 5.85. The van der Waals surface area contributed by atoms with Crippen molar-refractivity contribution in [2.75, 3.05) is 19.5 Å². The standard InChI is InChI=1S/C14H13F3N4O8S2/c1-27-10-7-11(28-2)19-12(18-10)20-13(22)21-31(25,26)29-8-5-3-4-6-9(8)30(23,24)14(15,16)17/h3-7H,1-2H3,(H2,18,19,20,21,22). The molecule has 0 bridgehead atoms. The van der Waals surface area contributed by atoms with Crippen molar-refractivity contribution in [2.45, 2.75) is 10.4 Å². The average molecular weight is 486 g/mol. The number of nitrogens with zero attached hydrogens (tertiary/aromatic N) is 2. The van der Waals surface area contributed by atoms with Crippen molar-refractivity contribution in [1.82, 2.24) is 14.7 Å². The van der Waals surface area contributed by atoms with Crippen molar-refractivity contribution in [2.24, 2.45) is 0 Å². The van der Waals surface area contributed by atoms with E-state index >= 15 is 0 Å². The van der Waals surface area contributed by atoms with Crippen LogP contribution in [0, 0.1) is 0 Å². The molecule has 17 heteroatoms. The summed E-state index contributed by atoms with van der Waals surface area (Å²) in [6.07, 6.45) is 0. The van der Waals surface area contributed by atoms with Gasteiger partial charge < -0.3 is 13.7 Å². The van der Waals surface area contributed by atoms with Crippen molar-refractivity contribution in [1.29, 1.82) is 0 Å². The minimum absolute atomic E-state index is 0.0486. The molecule has 1 aromatic heterocycles. The molecule has 2 N–H and O–H groups in total. The number of carbonyl (C=O) groups is 1. The van der Waals surface area contributed by atoms with Gasteiger partial charge in [-0.3, -0.25) is 5.32 Å². The molecule has 0 unspecified atom stereocenters. The maximum Gasteiger partial charge on any atom is 0.502 e. The number of aromatic nitrogens is 2. The number of amides is 2. The molecule has 2 rings (SSSR count). The van der Waals surface area contributed by atoms with Crippen LogP contribution in [0.5, 0.6) is 17.5 Å². The molecule has 0 radical (unpaired) electrons. The number of ether oxygens (including phenoxy) is 2. The highest BCUT2D eigenvalue weighted by Gasteiger charge is 2.48. The van der Waals surface area contributed by atoms with E-state index in [4.69, 9.17) is 9.47 Å². The molecule has 0 saturated heterocycles. The number of anilines is 1. The van der Waals surface area contributed by atoms with Crippen LogP contribution >= 0.6 is 0 Å². The summed E-state index contributed by atoms with van der Waals surface area (Å²) in [7, 11) is -8.57. The minimum atomic E-state index is -5.94. The molecule has 0 atom stereocenters. The van der Waals surface area contributed by atoms with Crippen LogP contribution in [-0.4, -0.2) is 52.6 Å². The maximum absolute atomic E-state index is 12.8. The van der Waals surface area contributed by atoms with E-state index < -0.39 is 48.3 Å². The molecule has 0 spiro atoms. The highest BCUT2D eigenvalue weighted by Crippen LogP contribution is 2.35. The number of urea groups is 1. The SMILES string of the molecule is COc1cc(OC)nc(NC(=O)NS(=O)(=O)Oc2ccccc2S(=O)(=O)C(F)(F)F)n1. The van der Waals surface area contributed by atoms with Gasteiger partial charge in [-0.05, 0) is 12.1 Å². The topological polar surface area (TPSA) is 163 Å². The van der Waals surface area contributed by atoms with Crippen molar-refractivity contribution in [3.05, 3.63) is 30.3 Å². The lowest BCUT2D eigenvalue weighted by molar-refractivity contribution is -0.0436. The first-order chi connectivity index (χ1) is 14.3. The van der Waals surface area contributed by atoms with Crippen LogP contribution in [0.15, 0.2) is 35.2 Å². The average Bonchev–Trinajstić information content (AvgIpc) is 2.66. The number of hydrogen-bond donors (Lipinski definition) is 2. The van der Waals surface area contributed by atoms with Crippen molar-refractivity contribution in [3.8, 4) is 17.5 Å². The lowest BCUT2D eigenvalue weighted by Crippen LogP contribution is -2.38. The Morgan fingerprint density at radius 1 is 1.00 bits per heavy atom. The Kier molecular flexibility index (Phi) is 6.80. The Labute approximate surface area is 173 Å². The van der Waals surface area contributed by atoms with Crippen molar-refractivity contribution >= 4 is 32.1 Å². The van der Waals surface area contributed by atoms with E-state index in [2.05, 4.69) is 14.2 Å². The monoisotopic (exact) mass is 486 g/mol. The zero-order valence-electron chi connectivity index (χ0n) is 15.5. The largest absolute Gasteiger partial charge is 0.502 e. The lowest BCUT2D eigenvalue weighted by atomic mass is 10.3. The first kappa shape index (κ1) is 23.9. The number of rotatable bonds is 7. The Morgan fingerprint density at radius 2 is 1.55 bits per heavy atom. The molecular weight excluding hydrogens is 473 g/mol. The number of sulfone groups is 1. The number of alkyl halides is 3. The van der Waals surface area contributed by atoms with Crippen LogP contribution in [0.1, 0.15) is 0 Å². The fourth-order valence-corrected chi connectivity index (χ4v) is 3.55. The highest BCUT2D eigenvalue weighted by molar-refractivity contribution is 7.92. The molecule has 2 aromatic rings. The quantitative estimate of drug-likeness (QED) is 0.582. The third-order valence-corrected chi connectivity index (χ3v) is 5.54. The second-order valence-electron chi connectivity index (χ2n) is 5.27. The first-order valence-corrected chi connectivity index (χ1v) is 10.6. The zero-order chi connectivity index (χ0) is 23.4. The summed E-state index contributed by atoms with van der Waals surface area (Å²) in [6.45, 7) is 0. The summed E-state index contributed by atoms with van der Waals surface area (Å²) >= 11 is 0. The van der Waals surface area contributed by atoms with Crippen molar-refractivity contribution in [3.63, 3.8) is 0 Å². The van der Waals surface area contributed by atoms with E-state index in [-0.39, 0.29) is 11.8 Å². The number of nitrogens with one attached hydrogen (secondary N) is 2. The smallest absolute Gasteiger partial charge is 0.481 e. The molecular formula is C14H13F3N4O8S2. The molecule has 1 aromatic carbocycles. The Hall–Kier alpha value is -3.34. The molecule has 0 aliphatic heterocycles. The number of para-hydroxylation sites is 1. The number of methoxy groups -OCH3 is 2. The number of carbonyl (C=O) groups excluding carboxylic acids is 1. The first-order valence-electron chi connectivity index (χ1n) is 7.69. The molecule has 170 valence electrons. The Morgan fingerprint density at radius 3 is 2.06 bits per heavy atom. The van der Waals surface area contributed by atoms with Gasteiger partial charge in [0.25, 0.3) is 9.84 Å². The van der Waals surface area contributed by atoms with Gasteiger partial charge in [0, 0.05) is 0 Å². The second-order valence-corrected chi connectivity index (χ2v) is 8.45. The predicted octanol–water partition coefficient (Wildman–Crippen LogP) is 1.23. The second kappa shape index (κ2) is 8.80. The number of halogens is 3. The van der Waals surface area contributed by atoms with E-state index in [1.807, 2.05) is 5.32 Å². The zero-order valence-corrected chi connectivity index (χ0v) is 17.1. The molecule has 12 nitrogen and oxygen atoms in total. The van der Waals surface area contributed by atoms with Gasteiger partial charge >= 0.3 is 21.8 Å². The van der Waals surface area contributed by atoms with Crippen LogP contribution in [0.4, 0.5) is 23.9 Å². The van der Waals surface area contributed by atoms with Crippen LogP contribution in [0.2, 0.25) is 0 Å². The van der Waals surface area contributed by atoms with E-state index in [0.717, 1.165) is 12.1 Å². The minimum Gasteiger partial charge on any atom is -0.481 e. The molecule has 31 heavy (non-hydrogen) atoms. The molecule has 2 amide bonds. The fourth-order valence-electron chi connectivity index (χ4n) is 1.91. The summed E-state index contributed by atoms with van der Waals surface area (Å²) in [6, 6.07) is 2.87. The number of hydrogen-bond acceptors (Lipinski definition) is 10. The predicted molar refractivity (Wildman–Crippen MR) is 96.5 cm³/mol.